The highest BCUT2D eigenvalue weighted by Gasteiger charge is 2.30. The van der Waals surface area contributed by atoms with Crippen LogP contribution in [-0.2, 0) is 4.74 Å². The predicted octanol–water partition coefficient (Wildman–Crippen LogP) is 6.11. The third-order valence-corrected chi connectivity index (χ3v) is 11.1. The smallest absolute Gasteiger partial charge is 0.407 e. The maximum absolute atomic E-state index is 12.3. The minimum absolute atomic E-state index is 0.0382. The molecule has 0 unspecified atom stereocenters. The van der Waals surface area contributed by atoms with E-state index in [-0.39, 0.29) is 35.6 Å². The van der Waals surface area contributed by atoms with E-state index in [9.17, 15) is 14.4 Å². The van der Waals surface area contributed by atoms with Gasteiger partial charge in [-0.25, -0.2) is 14.8 Å². The second-order valence-corrected chi connectivity index (χ2v) is 17.4. The summed E-state index contributed by atoms with van der Waals surface area (Å²) < 4.78 is 5.42. The number of pyridine rings is 2. The molecule has 4 aromatic heterocycles. The molecule has 0 bridgehead atoms. The Kier molecular flexibility index (Phi) is 13.4. The van der Waals surface area contributed by atoms with Crippen molar-refractivity contribution in [3.63, 3.8) is 0 Å². The second-order valence-electron chi connectivity index (χ2n) is 17.4. The van der Waals surface area contributed by atoms with Crippen molar-refractivity contribution >= 4 is 52.6 Å². The van der Waals surface area contributed by atoms with Crippen molar-refractivity contribution in [3.8, 4) is 0 Å². The molecule has 18 nitrogen and oxygen atoms in total. The molecule has 4 fully saturated rings. The molecule has 8 rings (SSSR count). The Bertz CT molecular complexity index is 2190. The lowest BCUT2D eigenvalue weighted by atomic mass is 9.90. The van der Waals surface area contributed by atoms with E-state index in [0.29, 0.717) is 46.5 Å². The highest BCUT2D eigenvalue weighted by molar-refractivity contribution is 5.98. The van der Waals surface area contributed by atoms with Crippen LogP contribution in [0.5, 0.6) is 0 Å². The number of rotatable bonds is 13. The molecule has 0 aliphatic heterocycles. The fourth-order valence-electron chi connectivity index (χ4n) is 7.66. The molecule has 4 aliphatic carbocycles. The lowest BCUT2D eigenvalue weighted by Crippen LogP contribution is -2.49. The molecular weight excluding hydrogens is 777 g/mol. The SMILES string of the molecule is CC(C)(C)OC(=O)N[C@H]1CCCC[C@H]1Nc1cc(Nc2cccc(C3CC3)n2)c(C(N)=O)nn1.NC(=O)c1nnc(N[C@@H]2CCCC[C@@H]2N)cc1Nc1cccc(C2CC2)n1. The van der Waals surface area contributed by atoms with Gasteiger partial charge >= 0.3 is 6.09 Å². The average Bonchev–Trinajstić information content (AvgIpc) is 4.14. The van der Waals surface area contributed by atoms with Gasteiger partial charge in [0.05, 0.1) is 17.4 Å². The van der Waals surface area contributed by atoms with E-state index in [0.717, 1.165) is 75.6 Å². The van der Waals surface area contributed by atoms with Crippen LogP contribution in [0, 0.1) is 0 Å². The van der Waals surface area contributed by atoms with Gasteiger partial charge in [0.15, 0.2) is 23.0 Å². The van der Waals surface area contributed by atoms with Gasteiger partial charge in [-0.1, -0.05) is 37.8 Å². The van der Waals surface area contributed by atoms with Crippen LogP contribution in [0.3, 0.4) is 0 Å². The van der Waals surface area contributed by atoms with Crippen molar-refractivity contribution in [2.75, 3.05) is 21.3 Å². The Morgan fingerprint density at radius 3 is 1.52 bits per heavy atom. The van der Waals surface area contributed by atoms with Crippen LogP contribution in [0.15, 0.2) is 48.5 Å². The maximum atomic E-state index is 12.3. The summed E-state index contributed by atoms with van der Waals surface area (Å²) in [6.45, 7) is 5.51. The number of hydrogen-bond acceptors (Lipinski definition) is 15. The monoisotopic (exact) mass is 834 g/mol. The lowest BCUT2D eigenvalue weighted by molar-refractivity contribution is 0.0488. The summed E-state index contributed by atoms with van der Waals surface area (Å²) >= 11 is 0. The molecule has 4 aromatic rings. The molecule has 324 valence electrons. The van der Waals surface area contributed by atoms with E-state index in [4.69, 9.17) is 21.9 Å². The Balaban J connectivity index is 0.000000189. The zero-order chi connectivity index (χ0) is 43.1. The van der Waals surface area contributed by atoms with E-state index in [1.54, 1.807) is 12.1 Å². The molecule has 0 spiro atoms. The van der Waals surface area contributed by atoms with Crippen LogP contribution in [0.2, 0.25) is 0 Å². The van der Waals surface area contributed by atoms with Gasteiger partial charge in [-0.15, -0.1) is 20.4 Å². The summed E-state index contributed by atoms with van der Waals surface area (Å²) in [5.74, 6) is 2.07. The highest BCUT2D eigenvalue weighted by atomic mass is 16.6. The number of nitrogens with zero attached hydrogens (tertiary/aromatic N) is 6. The van der Waals surface area contributed by atoms with Gasteiger partial charge in [0.25, 0.3) is 11.8 Å². The summed E-state index contributed by atoms with van der Waals surface area (Å²) in [5, 5.41) is 32.4. The number of hydrogen-bond donors (Lipinski definition) is 8. The van der Waals surface area contributed by atoms with E-state index >= 15 is 0 Å². The summed E-state index contributed by atoms with van der Waals surface area (Å²) in [7, 11) is 0. The molecular formula is C43H58N14O4. The molecule has 4 heterocycles. The van der Waals surface area contributed by atoms with Gasteiger partial charge in [-0.3, -0.25) is 9.59 Å². The third-order valence-electron chi connectivity index (χ3n) is 11.1. The molecule has 11 N–H and O–H groups in total. The van der Waals surface area contributed by atoms with Crippen LogP contribution < -0.4 is 43.8 Å². The molecule has 4 atom stereocenters. The molecule has 0 aromatic carbocycles. The van der Waals surface area contributed by atoms with Crippen LogP contribution in [0.1, 0.15) is 142 Å². The number of carbonyl (C=O) groups excluding carboxylic acids is 3. The first-order valence-corrected chi connectivity index (χ1v) is 21.4. The van der Waals surface area contributed by atoms with Gasteiger partial charge in [-0.05, 0) is 96.4 Å². The Morgan fingerprint density at radius 2 is 1.07 bits per heavy atom. The first-order valence-electron chi connectivity index (χ1n) is 21.4. The number of amides is 3. The van der Waals surface area contributed by atoms with Crippen molar-refractivity contribution in [3.05, 3.63) is 71.3 Å². The van der Waals surface area contributed by atoms with Crippen molar-refractivity contribution < 1.29 is 19.1 Å². The molecule has 4 aliphatic rings. The molecule has 61 heavy (non-hydrogen) atoms. The first kappa shape index (κ1) is 42.9. The van der Waals surface area contributed by atoms with Crippen LogP contribution >= 0.6 is 0 Å². The van der Waals surface area contributed by atoms with Gasteiger partial charge in [0.2, 0.25) is 0 Å². The number of anilines is 6. The van der Waals surface area contributed by atoms with Gasteiger partial charge < -0.3 is 48.5 Å². The zero-order valence-corrected chi connectivity index (χ0v) is 35.1. The average molecular weight is 835 g/mol. The number of carbonyl (C=O) groups is 3. The normalized spacial score (nSPS) is 21.2. The van der Waals surface area contributed by atoms with Gasteiger partial charge in [0, 0.05) is 53.5 Å². The summed E-state index contributed by atoms with van der Waals surface area (Å²) in [5.41, 5.74) is 19.8. The largest absolute Gasteiger partial charge is 0.444 e. The minimum Gasteiger partial charge on any atom is -0.444 e. The number of nitrogens with two attached hydrogens (primary N) is 3. The van der Waals surface area contributed by atoms with Gasteiger partial charge in [-0.2, -0.15) is 0 Å². The first-order chi connectivity index (χ1) is 29.3. The van der Waals surface area contributed by atoms with Crippen molar-refractivity contribution in [1.82, 2.24) is 35.7 Å². The molecule has 3 amide bonds. The van der Waals surface area contributed by atoms with Gasteiger partial charge in [0.1, 0.15) is 17.2 Å². The molecule has 0 saturated heterocycles. The Labute approximate surface area is 355 Å². The number of aromatic nitrogens is 6. The van der Waals surface area contributed by atoms with Crippen LogP contribution in [0.25, 0.3) is 0 Å². The molecule has 0 radical (unpaired) electrons. The minimum atomic E-state index is -0.679. The van der Waals surface area contributed by atoms with E-state index < -0.39 is 23.5 Å². The topological polar surface area (TPSA) is 276 Å². The summed E-state index contributed by atoms with van der Waals surface area (Å²) in [4.78, 5) is 45.3. The standard InChI is InChI=1S/C24H33N7O3.C19H25N7O/c1-24(2,3)34-23(33)29-17-8-5-4-7-16(17)27-20-13-18(21(22(25)32)31-30-20)28-19-10-6-9-15(26-19)14-11-12-14;20-12-4-1-2-5-14(12)23-17-10-15(18(19(21)27)26-25-17)24-16-7-3-6-13(22-16)11-8-9-11/h6,9-10,13-14,16-17H,4-5,7-8,11-12H2,1-3H3,(H2,25,32)(H,29,33)(H2,26,27,28,30);3,6-7,10-12,14H,1-2,4-5,8-9,20H2,(H2,21,27)(H2,22,23,24,25)/t16-,17+;12-,14+/m10/s1. The van der Waals surface area contributed by atoms with Crippen molar-refractivity contribution in [2.24, 2.45) is 17.2 Å². The van der Waals surface area contributed by atoms with Crippen molar-refractivity contribution in [1.29, 1.82) is 0 Å². The number of ether oxygens (including phenoxy) is 1. The molecule has 18 heteroatoms. The van der Waals surface area contributed by atoms with E-state index in [1.165, 1.54) is 12.8 Å². The highest BCUT2D eigenvalue weighted by Crippen LogP contribution is 2.40. The van der Waals surface area contributed by atoms with E-state index in [1.807, 2.05) is 57.2 Å². The van der Waals surface area contributed by atoms with Crippen molar-refractivity contribution in [2.45, 2.75) is 139 Å². The lowest BCUT2D eigenvalue weighted by Gasteiger charge is -2.33. The maximum Gasteiger partial charge on any atom is 0.407 e. The number of nitrogens with one attached hydrogen (secondary N) is 5. The molecule has 4 saturated carbocycles. The second kappa shape index (κ2) is 19.0. The quantitative estimate of drug-likeness (QED) is 0.0754. The number of alkyl carbamates (subject to hydrolysis) is 1. The van der Waals surface area contributed by atoms with E-state index in [2.05, 4.69) is 56.9 Å². The fourth-order valence-corrected chi connectivity index (χ4v) is 7.66. The predicted molar refractivity (Wildman–Crippen MR) is 233 cm³/mol. The number of primary amides is 2. The zero-order valence-electron chi connectivity index (χ0n) is 35.1. The fraction of sp³-hybridized carbons (Fsp3) is 0.512. The summed E-state index contributed by atoms with van der Waals surface area (Å²) in [6.07, 6.45) is 12.2. The van der Waals surface area contributed by atoms with Crippen LogP contribution in [-0.4, -0.2) is 78.0 Å². The van der Waals surface area contributed by atoms with Crippen LogP contribution in [0.4, 0.5) is 39.4 Å². The summed E-state index contributed by atoms with van der Waals surface area (Å²) in [6, 6.07) is 15.2. The Morgan fingerprint density at radius 1 is 0.607 bits per heavy atom. The third kappa shape index (κ3) is 12.2. The Hall–Kier alpha value is -6.17.